The molecule has 12 rings (SSSR count). The Morgan fingerprint density at radius 1 is 0.333 bits per heavy atom. The zero-order valence-electron chi connectivity index (χ0n) is 30.4. The van der Waals surface area contributed by atoms with Gasteiger partial charge in [0.1, 0.15) is 22.3 Å². The zero-order chi connectivity index (χ0) is 37.5. The molecule has 0 aliphatic rings. The molecule has 0 unspecified atom stereocenters. The highest BCUT2D eigenvalue weighted by Crippen LogP contribution is 2.39. The molecule has 0 aliphatic carbocycles. The van der Waals surface area contributed by atoms with Crippen molar-refractivity contribution in [3.63, 3.8) is 0 Å². The van der Waals surface area contributed by atoms with Crippen LogP contribution in [0.1, 0.15) is 0 Å². The van der Waals surface area contributed by atoms with Crippen LogP contribution in [-0.4, -0.2) is 19.5 Å². The molecule has 0 amide bonds. The Morgan fingerprint density at radius 3 is 1.47 bits per heavy atom. The Morgan fingerprint density at radius 2 is 0.825 bits per heavy atom. The van der Waals surface area contributed by atoms with Crippen molar-refractivity contribution in [1.82, 2.24) is 19.5 Å². The summed E-state index contributed by atoms with van der Waals surface area (Å²) in [5.41, 5.74) is 11.3. The van der Waals surface area contributed by atoms with E-state index >= 15 is 0 Å². The van der Waals surface area contributed by atoms with E-state index in [1.54, 1.807) is 0 Å². The summed E-state index contributed by atoms with van der Waals surface area (Å²) in [7, 11) is 0. The number of fused-ring (bicyclic) bond motifs is 9. The number of aromatic nitrogens is 4. The minimum atomic E-state index is 0.559. The van der Waals surface area contributed by atoms with Crippen LogP contribution in [0.3, 0.4) is 0 Å². The molecule has 0 atom stereocenters. The molecule has 57 heavy (non-hydrogen) atoms. The minimum Gasteiger partial charge on any atom is -0.456 e. The molecule has 6 nitrogen and oxygen atoms in total. The van der Waals surface area contributed by atoms with Crippen LogP contribution in [0.5, 0.6) is 0 Å². The SMILES string of the molecule is c1ccc(-c2nc(-c3ccc4c(c3)oc3cc(-n5c6ccccc6c6ccccc65)ccc34)nc(-c3ccc4c(c3)oc3c(-c5ccccc5)cccc34)n2)cc1. The lowest BCUT2D eigenvalue weighted by Crippen LogP contribution is -2.00. The summed E-state index contributed by atoms with van der Waals surface area (Å²) >= 11 is 0. The highest BCUT2D eigenvalue weighted by Gasteiger charge is 2.18. The lowest BCUT2D eigenvalue weighted by Gasteiger charge is -2.08. The molecule has 0 fully saturated rings. The first-order valence-electron chi connectivity index (χ1n) is 19.0. The van der Waals surface area contributed by atoms with Gasteiger partial charge in [0, 0.05) is 66.3 Å². The van der Waals surface area contributed by atoms with Gasteiger partial charge in [-0.25, -0.2) is 15.0 Å². The van der Waals surface area contributed by atoms with Gasteiger partial charge in [0.2, 0.25) is 0 Å². The van der Waals surface area contributed by atoms with Gasteiger partial charge < -0.3 is 13.4 Å². The third-order valence-corrected chi connectivity index (χ3v) is 11.1. The molecule has 0 saturated heterocycles. The molecule has 8 aromatic carbocycles. The molecule has 0 saturated carbocycles. The molecule has 0 N–H and O–H groups in total. The molecule has 4 aromatic heterocycles. The van der Waals surface area contributed by atoms with E-state index in [4.69, 9.17) is 23.8 Å². The number of hydrogen-bond acceptors (Lipinski definition) is 5. The molecule has 0 spiro atoms. The fourth-order valence-electron chi connectivity index (χ4n) is 8.38. The van der Waals surface area contributed by atoms with Gasteiger partial charge in [-0.2, -0.15) is 0 Å². The predicted molar refractivity (Wildman–Crippen MR) is 230 cm³/mol. The fraction of sp³-hybridized carbons (Fsp3) is 0. The molecule has 0 radical (unpaired) electrons. The highest BCUT2D eigenvalue weighted by atomic mass is 16.3. The number of hydrogen-bond donors (Lipinski definition) is 0. The van der Waals surface area contributed by atoms with Crippen LogP contribution in [0.25, 0.3) is 117 Å². The maximum absolute atomic E-state index is 6.63. The Hall–Kier alpha value is -7.83. The summed E-state index contributed by atoms with van der Waals surface area (Å²) in [6, 6.07) is 62.7. The summed E-state index contributed by atoms with van der Waals surface area (Å²) in [6.45, 7) is 0. The third kappa shape index (κ3) is 5.01. The van der Waals surface area contributed by atoms with Crippen molar-refractivity contribution in [2.75, 3.05) is 0 Å². The number of rotatable bonds is 5. The van der Waals surface area contributed by atoms with Gasteiger partial charge in [0.25, 0.3) is 0 Å². The fourth-order valence-corrected chi connectivity index (χ4v) is 8.38. The molecule has 266 valence electrons. The summed E-state index contributed by atoms with van der Waals surface area (Å²) in [5, 5.41) is 6.65. The van der Waals surface area contributed by atoms with E-state index < -0.39 is 0 Å². The molecule has 4 heterocycles. The zero-order valence-corrected chi connectivity index (χ0v) is 30.4. The maximum Gasteiger partial charge on any atom is 0.164 e. The van der Waals surface area contributed by atoms with Gasteiger partial charge >= 0.3 is 0 Å². The van der Waals surface area contributed by atoms with E-state index in [1.165, 1.54) is 10.8 Å². The Kier molecular flexibility index (Phi) is 6.83. The second-order valence-electron chi connectivity index (χ2n) is 14.4. The van der Waals surface area contributed by atoms with Gasteiger partial charge in [-0.1, -0.05) is 127 Å². The van der Waals surface area contributed by atoms with Crippen LogP contribution in [0.4, 0.5) is 0 Å². The van der Waals surface area contributed by atoms with E-state index in [2.05, 4.69) is 126 Å². The summed E-state index contributed by atoms with van der Waals surface area (Å²) < 4.78 is 15.5. The van der Waals surface area contributed by atoms with Gasteiger partial charge in [-0.3, -0.25) is 0 Å². The Labute approximate surface area is 325 Å². The number of furan rings is 2. The number of para-hydroxylation sites is 3. The third-order valence-electron chi connectivity index (χ3n) is 11.1. The van der Waals surface area contributed by atoms with Crippen molar-refractivity contribution in [2.45, 2.75) is 0 Å². The second kappa shape index (κ2) is 12.3. The molecule has 6 heteroatoms. The summed E-state index contributed by atoms with van der Waals surface area (Å²) in [4.78, 5) is 15.1. The average Bonchev–Trinajstić information content (AvgIpc) is 3.95. The first-order valence-corrected chi connectivity index (χ1v) is 19.0. The van der Waals surface area contributed by atoms with Crippen LogP contribution in [0.15, 0.2) is 191 Å². The number of benzene rings is 8. The monoisotopic (exact) mass is 730 g/mol. The van der Waals surface area contributed by atoms with Crippen molar-refractivity contribution < 1.29 is 8.83 Å². The first kappa shape index (κ1) is 31.5. The second-order valence-corrected chi connectivity index (χ2v) is 14.4. The van der Waals surface area contributed by atoms with Crippen molar-refractivity contribution in [3.8, 4) is 51.0 Å². The van der Waals surface area contributed by atoms with Crippen LogP contribution < -0.4 is 0 Å². The van der Waals surface area contributed by atoms with Crippen molar-refractivity contribution in [2.24, 2.45) is 0 Å². The van der Waals surface area contributed by atoms with Crippen LogP contribution in [0.2, 0.25) is 0 Å². The number of nitrogens with zero attached hydrogens (tertiary/aromatic N) is 4. The van der Waals surface area contributed by atoms with Crippen LogP contribution >= 0.6 is 0 Å². The predicted octanol–water partition coefficient (Wildman–Crippen LogP) is 13.4. The van der Waals surface area contributed by atoms with E-state index in [0.717, 1.165) is 88.4 Å². The quantitative estimate of drug-likeness (QED) is 0.176. The van der Waals surface area contributed by atoms with Crippen LogP contribution in [-0.2, 0) is 0 Å². The standard InChI is InChI=1S/C51H30N4O2/c1-3-12-31(13-4-1)36-18-11-19-42-41-26-23-34(29-46(41)57-48(36)42)51-53-49(32-14-5-2-6-15-32)52-50(54-51)33-22-25-39-40-27-24-35(30-47(40)56-45(39)28-33)55-43-20-9-7-16-37(43)38-17-8-10-21-44(38)55/h1-30H. The van der Waals surface area contributed by atoms with E-state index in [1.807, 2.05) is 60.7 Å². The largest absolute Gasteiger partial charge is 0.456 e. The topological polar surface area (TPSA) is 69.9 Å². The van der Waals surface area contributed by atoms with E-state index in [9.17, 15) is 0 Å². The normalized spacial score (nSPS) is 11.9. The van der Waals surface area contributed by atoms with Gasteiger partial charge in [0.05, 0.1) is 11.0 Å². The summed E-state index contributed by atoms with van der Waals surface area (Å²) in [6.07, 6.45) is 0. The molecule has 12 aromatic rings. The Bertz CT molecular complexity index is 3470. The van der Waals surface area contributed by atoms with Crippen molar-refractivity contribution in [3.05, 3.63) is 182 Å². The lowest BCUT2D eigenvalue weighted by molar-refractivity contribution is 0.668. The molecular formula is C51H30N4O2. The minimum absolute atomic E-state index is 0.559. The van der Waals surface area contributed by atoms with Gasteiger partial charge in [-0.15, -0.1) is 0 Å². The molecular weight excluding hydrogens is 701 g/mol. The summed E-state index contributed by atoms with van der Waals surface area (Å²) in [5.74, 6) is 1.71. The van der Waals surface area contributed by atoms with E-state index in [-0.39, 0.29) is 0 Å². The van der Waals surface area contributed by atoms with Gasteiger partial charge in [0.15, 0.2) is 17.5 Å². The lowest BCUT2D eigenvalue weighted by atomic mass is 10.0. The van der Waals surface area contributed by atoms with Crippen molar-refractivity contribution >= 4 is 65.7 Å². The van der Waals surface area contributed by atoms with E-state index in [0.29, 0.717) is 17.5 Å². The highest BCUT2D eigenvalue weighted by molar-refractivity contribution is 6.11. The average molecular weight is 731 g/mol. The first-order chi connectivity index (χ1) is 28.2. The maximum atomic E-state index is 6.63. The van der Waals surface area contributed by atoms with Gasteiger partial charge in [-0.05, 0) is 54.1 Å². The molecule has 0 aliphatic heterocycles. The van der Waals surface area contributed by atoms with Crippen molar-refractivity contribution in [1.29, 1.82) is 0 Å². The van der Waals surface area contributed by atoms with Crippen LogP contribution in [0, 0.1) is 0 Å². The Balaban J connectivity index is 0.984. The smallest absolute Gasteiger partial charge is 0.164 e. The molecule has 0 bridgehead atoms.